The van der Waals surface area contributed by atoms with Crippen molar-refractivity contribution in [1.82, 2.24) is 4.90 Å². The zero-order valence-corrected chi connectivity index (χ0v) is 14.5. The highest BCUT2D eigenvalue weighted by Crippen LogP contribution is 2.30. The second kappa shape index (κ2) is 6.42. The molecule has 0 N–H and O–H groups in total. The maximum atomic E-state index is 14.9. The summed E-state index contributed by atoms with van der Waals surface area (Å²) < 4.78 is 25.3. The van der Waals surface area contributed by atoms with Crippen molar-refractivity contribution in [2.45, 2.75) is 77.7 Å². The highest BCUT2D eigenvalue weighted by Gasteiger charge is 2.44. The zero-order valence-electron chi connectivity index (χ0n) is 14.5. The number of esters is 1. The van der Waals surface area contributed by atoms with E-state index in [1.54, 1.807) is 41.5 Å². The van der Waals surface area contributed by atoms with Crippen molar-refractivity contribution in [2.24, 2.45) is 0 Å². The third kappa shape index (κ3) is 5.81. The van der Waals surface area contributed by atoms with Crippen molar-refractivity contribution >= 4 is 12.1 Å². The SMILES string of the molecule is CC(C)(C)OC(=O)N1CCCC(F)(C(=O)OC(C)(C)C)CC1. The van der Waals surface area contributed by atoms with Gasteiger partial charge in [-0.25, -0.2) is 14.0 Å². The van der Waals surface area contributed by atoms with Crippen LogP contribution in [0.1, 0.15) is 60.8 Å². The lowest BCUT2D eigenvalue weighted by Crippen LogP contribution is -2.42. The Morgan fingerprint density at radius 3 is 2.00 bits per heavy atom. The van der Waals surface area contributed by atoms with Crippen LogP contribution in [-0.2, 0) is 14.3 Å². The number of hydrogen-bond donors (Lipinski definition) is 0. The molecule has 1 aliphatic heterocycles. The van der Waals surface area contributed by atoms with Crippen LogP contribution in [0.25, 0.3) is 0 Å². The van der Waals surface area contributed by atoms with Crippen molar-refractivity contribution in [3.8, 4) is 0 Å². The highest BCUT2D eigenvalue weighted by atomic mass is 19.1. The molecule has 1 saturated heterocycles. The van der Waals surface area contributed by atoms with E-state index in [-0.39, 0.29) is 19.4 Å². The van der Waals surface area contributed by atoms with Crippen LogP contribution in [0.2, 0.25) is 0 Å². The van der Waals surface area contributed by atoms with Crippen molar-refractivity contribution < 1.29 is 23.5 Å². The fraction of sp³-hybridized carbons (Fsp3) is 0.875. The lowest BCUT2D eigenvalue weighted by molar-refractivity contribution is -0.170. The van der Waals surface area contributed by atoms with Gasteiger partial charge in [-0.1, -0.05) is 0 Å². The molecule has 0 saturated carbocycles. The van der Waals surface area contributed by atoms with Gasteiger partial charge in [0.05, 0.1) is 0 Å². The Labute approximate surface area is 132 Å². The van der Waals surface area contributed by atoms with Gasteiger partial charge in [-0.15, -0.1) is 0 Å². The number of halogens is 1. The van der Waals surface area contributed by atoms with Gasteiger partial charge in [0.1, 0.15) is 11.2 Å². The summed E-state index contributed by atoms with van der Waals surface area (Å²) in [6.07, 6.45) is -0.0851. The number of nitrogens with zero attached hydrogens (tertiary/aromatic N) is 1. The molecular formula is C16H28FNO4. The van der Waals surface area contributed by atoms with Gasteiger partial charge in [0.25, 0.3) is 0 Å². The maximum Gasteiger partial charge on any atom is 0.410 e. The van der Waals surface area contributed by atoms with E-state index >= 15 is 0 Å². The predicted molar refractivity (Wildman–Crippen MR) is 81.3 cm³/mol. The summed E-state index contributed by atoms with van der Waals surface area (Å²) in [7, 11) is 0. The van der Waals surface area contributed by atoms with Gasteiger partial charge in [0.15, 0.2) is 0 Å². The largest absolute Gasteiger partial charge is 0.458 e. The fourth-order valence-electron chi connectivity index (χ4n) is 2.18. The van der Waals surface area contributed by atoms with Crippen LogP contribution in [0.3, 0.4) is 0 Å². The lowest BCUT2D eigenvalue weighted by Gasteiger charge is -2.28. The molecule has 1 rings (SSSR count). The predicted octanol–water partition coefficient (Wildman–Crippen LogP) is 3.46. The number of hydrogen-bond acceptors (Lipinski definition) is 4. The Morgan fingerprint density at radius 1 is 0.955 bits per heavy atom. The normalized spacial score (nSPS) is 23.7. The average Bonchev–Trinajstić information content (AvgIpc) is 2.48. The Morgan fingerprint density at radius 2 is 1.50 bits per heavy atom. The third-order valence-corrected chi connectivity index (χ3v) is 3.20. The van der Waals surface area contributed by atoms with E-state index < -0.39 is 28.9 Å². The molecule has 1 atom stereocenters. The molecule has 0 radical (unpaired) electrons. The van der Waals surface area contributed by atoms with Gasteiger partial charge in [-0.05, 0) is 54.4 Å². The number of carbonyl (C=O) groups excluding carboxylic acids is 2. The van der Waals surface area contributed by atoms with E-state index in [1.165, 1.54) is 4.90 Å². The van der Waals surface area contributed by atoms with E-state index in [4.69, 9.17) is 9.47 Å². The zero-order chi connectivity index (χ0) is 17.2. The molecule has 0 aromatic carbocycles. The van der Waals surface area contributed by atoms with E-state index in [0.717, 1.165) is 0 Å². The molecule has 0 spiro atoms. The molecule has 5 nitrogen and oxygen atoms in total. The molecule has 1 aliphatic rings. The summed E-state index contributed by atoms with van der Waals surface area (Å²) in [5.74, 6) is -0.842. The minimum absolute atomic E-state index is 0.0568. The first kappa shape index (κ1) is 18.7. The minimum atomic E-state index is -2.04. The Balaban J connectivity index is 2.68. The van der Waals surface area contributed by atoms with E-state index in [0.29, 0.717) is 13.0 Å². The Bertz CT molecular complexity index is 425. The van der Waals surface area contributed by atoms with Gasteiger partial charge < -0.3 is 14.4 Å². The first-order valence-corrected chi connectivity index (χ1v) is 7.73. The van der Waals surface area contributed by atoms with Crippen LogP contribution in [0.5, 0.6) is 0 Å². The molecule has 1 fully saturated rings. The minimum Gasteiger partial charge on any atom is -0.458 e. The van der Waals surface area contributed by atoms with Crippen LogP contribution in [0.15, 0.2) is 0 Å². The summed E-state index contributed by atoms with van der Waals surface area (Å²) in [5.41, 5.74) is -3.36. The van der Waals surface area contributed by atoms with Crippen LogP contribution in [-0.4, -0.2) is 46.9 Å². The van der Waals surface area contributed by atoms with Crippen LogP contribution in [0, 0.1) is 0 Å². The number of amides is 1. The molecule has 1 heterocycles. The topological polar surface area (TPSA) is 55.8 Å². The molecule has 0 bridgehead atoms. The summed E-state index contributed by atoms with van der Waals surface area (Å²) in [5, 5.41) is 0. The molecule has 0 aromatic heterocycles. The summed E-state index contributed by atoms with van der Waals surface area (Å²) in [4.78, 5) is 25.6. The van der Waals surface area contributed by atoms with Crippen LogP contribution in [0.4, 0.5) is 9.18 Å². The average molecular weight is 317 g/mol. The van der Waals surface area contributed by atoms with Gasteiger partial charge in [0.2, 0.25) is 5.67 Å². The summed E-state index contributed by atoms with van der Waals surface area (Å²) in [6.45, 7) is 11.0. The smallest absolute Gasteiger partial charge is 0.410 e. The molecule has 0 aliphatic carbocycles. The van der Waals surface area contributed by atoms with E-state index in [1.807, 2.05) is 0 Å². The van der Waals surface area contributed by atoms with E-state index in [2.05, 4.69) is 0 Å². The number of rotatable bonds is 1. The first-order chi connectivity index (χ1) is 9.82. The third-order valence-electron chi connectivity index (χ3n) is 3.20. The molecular weight excluding hydrogens is 289 g/mol. The van der Waals surface area contributed by atoms with Crippen LogP contribution >= 0.6 is 0 Å². The molecule has 1 unspecified atom stereocenters. The molecule has 6 heteroatoms. The number of alkyl halides is 1. The van der Waals surface area contributed by atoms with Gasteiger partial charge in [-0.2, -0.15) is 0 Å². The summed E-state index contributed by atoms with van der Waals surface area (Å²) in [6, 6.07) is 0. The van der Waals surface area contributed by atoms with Crippen molar-refractivity contribution in [1.29, 1.82) is 0 Å². The Hall–Kier alpha value is -1.33. The van der Waals surface area contributed by atoms with Gasteiger partial charge >= 0.3 is 12.1 Å². The number of likely N-dealkylation sites (tertiary alicyclic amines) is 1. The van der Waals surface area contributed by atoms with Crippen LogP contribution < -0.4 is 0 Å². The van der Waals surface area contributed by atoms with Crippen molar-refractivity contribution in [2.75, 3.05) is 13.1 Å². The second-order valence-corrected chi connectivity index (χ2v) is 7.79. The molecule has 1 amide bonds. The molecule has 22 heavy (non-hydrogen) atoms. The molecule has 128 valence electrons. The van der Waals surface area contributed by atoms with Crippen molar-refractivity contribution in [3.05, 3.63) is 0 Å². The van der Waals surface area contributed by atoms with E-state index in [9.17, 15) is 14.0 Å². The highest BCUT2D eigenvalue weighted by molar-refractivity contribution is 5.80. The first-order valence-electron chi connectivity index (χ1n) is 7.73. The lowest BCUT2D eigenvalue weighted by atomic mass is 9.97. The standard InChI is InChI=1S/C16H28FNO4/c1-14(2,3)21-12(19)16(17)8-7-10-18(11-9-16)13(20)22-15(4,5)6/h7-11H2,1-6H3. The van der Waals surface area contributed by atoms with Gasteiger partial charge in [0, 0.05) is 19.5 Å². The molecule has 0 aromatic rings. The fourth-order valence-corrected chi connectivity index (χ4v) is 2.18. The Kier molecular flexibility index (Phi) is 5.47. The maximum absolute atomic E-state index is 14.9. The summed E-state index contributed by atoms with van der Waals surface area (Å²) >= 11 is 0. The number of ether oxygens (including phenoxy) is 2. The monoisotopic (exact) mass is 317 g/mol. The number of carbonyl (C=O) groups is 2. The van der Waals surface area contributed by atoms with Crippen molar-refractivity contribution in [3.63, 3.8) is 0 Å². The van der Waals surface area contributed by atoms with Gasteiger partial charge in [-0.3, -0.25) is 0 Å². The second-order valence-electron chi connectivity index (χ2n) is 7.79. The quantitative estimate of drug-likeness (QED) is 0.695.